The van der Waals surface area contributed by atoms with Gasteiger partial charge in [0.25, 0.3) is 0 Å². The monoisotopic (exact) mass is 858 g/mol. The molecule has 3 aromatic carbocycles. The van der Waals surface area contributed by atoms with Gasteiger partial charge in [-0.1, -0.05) is 35.9 Å². The summed E-state index contributed by atoms with van der Waals surface area (Å²) in [5.74, 6) is -0.463. The first-order chi connectivity index (χ1) is 27.4. The van der Waals surface area contributed by atoms with Crippen molar-refractivity contribution >= 4 is 50.2 Å². The van der Waals surface area contributed by atoms with E-state index < -0.39 is 11.2 Å². The van der Waals surface area contributed by atoms with Gasteiger partial charge in [0.2, 0.25) is 0 Å². The van der Waals surface area contributed by atoms with Crippen LogP contribution in [0, 0.1) is 11.7 Å². The highest BCUT2D eigenvalue weighted by Crippen LogP contribution is 2.49. The van der Waals surface area contributed by atoms with Gasteiger partial charge >= 0.3 is 5.97 Å². The molecule has 0 spiro atoms. The molecule has 12 heteroatoms. The molecule has 300 valence electrons. The van der Waals surface area contributed by atoms with Crippen molar-refractivity contribution in [2.24, 2.45) is 13.0 Å². The summed E-state index contributed by atoms with van der Waals surface area (Å²) in [7, 11) is 6.07. The third-order valence-electron chi connectivity index (χ3n) is 12.0. The van der Waals surface area contributed by atoms with E-state index in [1.807, 2.05) is 31.4 Å². The van der Waals surface area contributed by atoms with Crippen LogP contribution in [0.3, 0.4) is 0 Å². The van der Waals surface area contributed by atoms with Crippen molar-refractivity contribution in [3.8, 4) is 0 Å². The largest absolute Gasteiger partial charge is 0.462 e. The lowest BCUT2D eigenvalue weighted by Crippen LogP contribution is -2.59. The van der Waals surface area contributed by atoms with Crippen molar-refractivity contribution < 1.29 is 28.6 Å². The van der Waals surface area contributed by atoms with Crippen LogP contribution in [0.15, 0.2) is 95.9 Å². The lowest BCUT2D eigenvalue weighted by atomic mass is 9.69. The predicted octanol–water partition coefficient (Wildman–Crippen LogP) is 8.34. The van der Waals surface area contributed by atoms with E-state index in [1.165, 1.54) is 52.5 Å². The average Bonchev–Trinajstić information content (AvgIpc) is 3.54. The number of Topliss-reactive ketones (excluding diaryl/α,β-unsaturated/α-hetero) is 1. The van der Waals surface area contributed by atoms with Crippen LogP contribution in [0.25, 0.3) is 10.9 Å². The van der Waals surface area contributed by atoms with Crippen molar-refractivity contribution in [3.63, 3.8) is 0 Å². The van der Waals surface area contributed by atoms with Crippen LogP contribution in [0.1, 0.15) is 69.5 Å². The highest BCUT2D eigenvalue weighted by molar-refractivity contribution is 9.10. The topological polar surface area (TPSA) is 97.1 Å². The number of aliphatic hydroxyl groups is 1. The zero-order valence-corrected chi connectivity index (χ0v) is 34.9. The van der Waals surface area contributed by atoms with E-state index in [0.29, 0.717) is 42.0 Å². The number of ketones is 1. The van der Waals surface area contributed by atoms with Gasteiger partial charge in [-0.3, -0.25) is 14.7 Å². The number of methoxy groups -OCH3 is 1. The molecule has 2 aliphatic heterocycles. The Morgan fingerprint density at radius 2 is 1.75 bits per heavy atom. The number of piperidine rings is 2. The Balaban J connectivity index is 0.000000177. The van der Waals surface area contributed by atoms with Gasteiger partial charge in [-0.15, -0.1) is 0 Å². The second kappa shape index (κ2) is 17.5. The first-order valence-corrected chi connectivity index (χ1v) is 20.7. The fourth-order valence-electron chi connectivity index (χ4n) is 9.07. The maximum absolute atomic E-state index is 12.9. The van der Waals surface area contributed by atoms with Crippen LogP contribution in [0.5, 0.6) is 0 Å². The minimum atomic E-state index is -0.801. The molecule has 0 amide bonds. The maximum atomic E-state index is 12.9. The number of benzene rings is 3. The molecule has 57 heavy (non-hydrogen) atoms. The highest BCUT2D eigenvalue weighted by Gasteiger charge is 2.52. The van der Waals surface area contributed by atoms with Gasteiger partial charge in [-0.25, -0.2) is 9.18 Å². The zero-order chi connectivity index (χ0) is 40.3. The van der Waals surface area contributed by atoms with Crippen LogP contribution in [0.2, 0.25) is 5.02 Å². The Kier molecular flexibility index (Phi) is 12.6. The zero-order valence-electron chi connectivity index (χ0n) is 32.6. The second-order valence-electron chi connectivity index (χ2n) is 15.7. The van der Waals surface area contributed by atoms with E-state index in [-0.39, 0.29) is 29.5 Å². The summed E-state index contributed by atoms with van der Waals surface area (Å²) in [4.78, 5) is 33.4. The lowest BCUT2D eigenvalue weighted by Gasteiger charge is -2.53. The van der Waals surface area contributed by atoms with Crippen LogP contribution in [-0.4, -0.2) is 89.2 Å². The number of fused-ring (bicyclic) bond motifs is 2. The first kappa shape index (κ1) is 41.2. The molecule has 2 fully saturated rings. The Bertz CT molecular complexity index is 2210. The van der Waals surface area contributed by atoms with Gasteiger partial charge in [-0.2, -0.15) is 0 Å². The standard InChI is InChI=1S/C24H26BrN3O3.C21H23ClFNO2/c1-27-13-17-8-21-24(30-3,19-5-4-6-20(27)22(17)19)9-15(12-28(21)2)14-31-23(29)16-7-18(25)11-26-10-16;22-18-7-5-17(6-8-18)21(26)11-14-24(15-12-21)13-1-2-20(25)16-3-9-19(23)10-4-16/h4-7,10-11,13,15,21H,8-9,12,14H2,1-3H3;3-10,26H,1-2,11-15H2. The molecule has 2 aromatic heterocycles. The summed E-state index contributed by atoms with van der Waals surface area (Å²) >= 11 is 9.27. The van der Waals surface area contributed by atoms with Gasteiger partial charge in [0.15, 0.2) is 5.78 Å². The van der Waals surface area contributed by atoms with Crippen LogP contribution in [-0.2, 0) is 34.1 Å². The number of halogens is 3. The number of nitrogens with zero attached hydrogens (tertiary/aromatic N) is 4. The third-order valence-corrected chi connectivity index (χ3v) is 12.7. The number of likely N-dealkylation sites (tertiary alicyclic amines) is 2. The highest BCUT2D eigenvalue weighted by atomic mass is 79.9. The summed E-state index contributed by atoms with van der Waals surface area (Å²) in [6, 6.07) is 21.6. The number of pyridine rings is 1. The number of hydrogen-bond donors (Lipinski definition) is 1. The Hall–Kier alpha value is -3.97. The summed E-state index contributed by atoms with van der Waals surface area (Å²) in [5.41, 5.74) is 4.56. The normalized spacial score (nSPS) is 21.7. The summed E-state index contributed by atoms with van der Waals surface area (Å²) in [6.45, 7) is 3.63. The molecule has 1 N–H and O–H groups in total. The maximum Gasteiger partial charge on any atom is 0.339 e. The molecule has 9 nitrogen and oxygen atoms in total. The molecule has 8 rings (SSSR count). The molecule has 5 aromatic rings. The number of ether oxygens (including phenoxy) is 2. The number of esters is 1. The number of aryl methyl sites for hydroxylation is 1. The number of carbonyl (C=O) groups excluding carboxylic acids is 2. The minimum Gasteiger partial charge on any atom is -0.462 e. The Labute approximate surface area is 346 Å². The molecule has 3 unspecified atom stereocenters. The SMILES string of the molecule is COC12CC(COC(=O)c3cncc(Br)c3)CN(C)C1Cc1cn(C)c3cccc2c13.O=C(CCCN1CCC(O)(c2ccc(Cl)cc2)CC1)c1ccc(F)cc1. The van der Waals surface area contributed by atoms with E-state index in [1.54, 1.807) is 12.3 Å². The quantitative estimate of drug-likeness (QED) is 0.111. The molecular formula is C45H49BrClFN4O5. The summed E-state index contributed by atoms with van der Waals surface area (Å²) < 4.78 is 27.9. The van der Waals surface area contributed by atoms with Crippen LogP contribution < -0.4 is 0 Å². The fraction of sp³-hybridized carbons (Fsp3) is 0.400. The van der Waals surface area contributed by atoms with Gasteiger partial charge in [0.1, 0.15) is 11.4 Å². The molecule has 2 saturated heterocycles. The Morgan fingerprint density at radius 3 is 2.46 bits per heavy atom. The molecular weight excluding hydrogens is 811 g/mol. The number of rotatable bonds is 10. The molecule has 0 bridgehead atoms. The van der Waals surface area contributed by atoms with Crippen molar-refractivity contribution in [2.45, 2.75) is 55.8 Å². The Morgan fingerprint density at radius 1 is 1.02 bits per heavy atom. The van der Waals surface area contributed by atoms with Crippen molar-refractivity contribution in [1.29, 1.82) is 0 Å². The van der Waals surface area contributed by atoms with E-state index in [0.717, 1.165) is 55.5 Å². The van der Waals surface area contributed by atoms with Crippen LogP contribution in [0.4, 0.5) is 4.39 Å². The smallest absolute Gasteiger partial charge is 0.339 e. The van der Waals surface area contributed by atoms with Crippen molar-refractivity contribution in [2.75, 3.05) is 46.9 Å². The predicted molar refractivity (Wildman–Crippen MR) is 223 cm³/mol. The molecule has 4 heterocycles. The van der Waals surface area contributed by atoms with Gasteiger partial charge in [-0.05, 0) is 127 Å². The van der Waals surface area contributed by atoms with Crippen molar-refractivity contribution in [3.05, 3.63) is 135 Å². The van der Waals surface area contributed by atoms with Gasteiger partial charge in [0.05, 0.1) is 17.8 Å². The van der Waals surface area contributed by atoms with Gasteiger partial charge in [0, 0.05) is 96.7 Å². The molecule has 3 aliphatic rings. The number of carbonyl (C=O) groups is 2. The van der Waals surface area contributed by atoms with Crippen LogP contribution >= 0.6 is 27.5 Å². The first-order valence-electron chi connectivity index (χ1n) is 19.5. The summed E-state index contributed by atoms with van der Waals surface area (Å²) in [6.07, 6.45) is 9.75. The summed E-state index contributed by atoms with van der Waals surface area (Å²) in [5, 5.41) is 12.9. The second-order valence-corrected chi connectivity index (χ2v) is 17.0. The average molecular weight is 860 g/mol. The third kappa shape index (κ3) is 8.89. The van der Waals surface area contributed by atoms with E-state index in [4.69, 9.17) is 21.1 Å². The van der Waals surface area contributed by atoms with E-state index >= 15 is 0 Å². The van der Waals surface area contributed by atoms with E-state index in [2.05, 4.69) is 73.8 Å². The lowest BCUT2D eigenvalue weighted by molar-refractivity contribution is -0.131. The molecule has 3 atom stereocenters. The molecule has 0 saturated carbocycles. The molecule has 1 aliphatic carbocycles. The van der Waals surface area contributed by atoms with Crippen molar-refractivity contribution in [1.82, 2.24) is 19.4 Å². The minimum absolute atomic E-state index is 0.0414. The number of hydrogen-bond acceptors (Lipinski definition) is 8. The number of aromatic nitrogens is 2. The fourth-order valence-corrected chi connectivity index (χ4v) is 9.56. The number of likely N-dealkylation sites (N-methyl/N-ethyl adjacent to an activating group) is 1. The van der Waals surface area contributed by atoms with E-state index in [9.17, 15) is 19.1 Å². The molecule has 0 radical (unpaired) electrons. The van der Waals surface area contributed by atoms with Gasteiger partial charge < -0.3 is 24.0 Å².